The third-order valence-corrected chi connectivity index (χ3v) is 6.11. The van der Waals surface area contributed by atoms with Crippen LogP contribution >= 0.6 is 0 Å². The normalized spacial score (nSPS) is 10.8. The van der Waals surface area contributed by atoms with Gasteiger partial charge >= 0.3 is 12.1 Å². The number of rotatable bonds is 13. The SMILES string of the molecule is O=C(O)CCCCC(=O)c1c(CC(=O)COc2ccc(-c3ccccc3)cc2)[nH]c2ccc(OC(=O)O)cc12. The highest BCUT2D eigenvalue weighted by Crippen LogP contribution is 2.29. The number of ketones is 2. The number of hydrogen-bond donors (Lipinski definition) is 3. The molecule has 0 saturated carbocycles. The van der Waals surface area contributed by atoms with Crippen molar-refractivity contribution in [1.29, 1.82) is 0 Å². The summed E-state index contributed by atoms with van der Waals surface area (Å²) >= 11 is 0. The number of hydrogen-bond acceptors (Lipinski definition) is 6. The predicted molar refractivity (Wildman–Crippen MR) is 143 cm³/mol. The van der Waals surface area contributed by atoms with Crippen molar-refractivity contribution >= 4 is 34.6 Å². The molecular weight excluding hydrogens is 502 g/mol. The summed E-state index contributed by atoms with van der Waals surface area (Å²) in [6.07, 6.45) is -0.874. The van der Waals surface area contributed by atoms with E-state index in [9.17, 15) is 19.2 Å². The molecule has 0 fully saturated rings. The van der Waals surface area contributed by atoms with Gasteiger partial charge in [0, 0.05) is 35.0 Å². The van der Waals surface area contributed by atoms with E-state index in [1.165, 1.54) is 12.1 Å². The maximum Gasteiger partial charge on any atom is 0.511 e. The number of nitrogens with one attached hydrogen (secondary N) is 1. The molecule has 3 N–H and O–H groups in total. The maximum absolute atomic E-state index is 13.2. The minimum absolute atomic E-state index is 0.0362. The second-order valence-corrected chi connectivity index (χ2v) is 8.97. The topological polar surface area (TPSA) is 143 Å². The molecule has 0 spiro atoms. The molecule has 0 atom stereocenters. The number of ether oxygens (including phenoxy) is 2. The Bertz CT molecular complexity index is 1490. The Kier molecular flexibility index (Phi) is 8.73. The van der Waals surface area contributed by atoms with Crippen LogP contribution in [0.5, 0.6) is 11.5 Å². The van der Waals surface area contributed by atoms with Crippen molar-refractivity contribution in [3.63, 3.8) is 0 Å². The zero-order valence-electron chi connectivity index (χ0n) is 21.0. The van der Waals surface area contributed by atoms with E-state index in [1.807, 2.05) is 42.5 Å². The van der Waals surface area contributed by atoms with Crippen molar-refractivity contribution in [3.8, 4) is 22.6 Å². The van der Waals surface area contributed by atoms with Crippen LogP contribution in [-0.4, -0.2) is 45.5 Å². The third-order valence-electron chi connectivity index (χ3n) is 6.11. The smallest absolute Gasteiger partial charge is 0.486 e. The van der Waals surface area contributed by atoms with Crippen LogP contribution in [-0.2, 0) is 16.0 Å². The Labute approximate surface area is 224 Å². The van der Waals surface area contributed by atoms with Crippen LogP contribution in [0.15, 0.2) is 72.8 Å². The molecule has 0 unspecified atom stereocenters. The van der Waals surface area contributed by atoms with Crippen LogP contribution in [0.4, 0.5) is 4.79 Å². The van der Waals surface area contributed by atoms with Crippen molar-refractivity contribution in [2.45, 2.75) is 32.1 Å². The van der Waals surface area contributed by atoms with E-state index in [1.54, 1.807) is 18.2 Å². The Morgan fingerprint density at radius 2 is 1.44 bits per heavy atom. The number of fused-ring (bicyclic) bond motifs is 1. The molecule has 0 bridgehead atoms. The molecular formula is C30H27NO8. The predicted octanol–water partition coefficient (Wildman–Crippen LogP) is 5.91. The molecule has 0 aliphatic rings. The van der Waals surface area contributed by atoms with Gasteiger partial charge in [-0.15, -0.1) is 0 Å². The minimum atomic E-state index is -1.49. The zero-order valence-corrected chi connectivity index (χ0v) is 21.0. The quantitative estimate of drug-likeness (QED) is 0.0839. The van der Waals surface area contributed by atoms with Gasteiger partial charge in [-0.3, -0.25) is 14.4 Å². The molecule has 0 saturated heterocycles. The van der Waals surface area contributed by atoms with Crippen LogP contribution < -0.4 is 9.47 Å². The number of Topliss-reactive ketones (excluding diaryl/α,β-unsaturated/α-hetero) is 2. The standard InChI is InChI=1S/C30H27NO8/c32-21(18-38-22-12-10-20(11-13-22)19-6-2-1-3-7-19)16-26-29(27(33)8-4-5-9-28(34)35)24-17-23(39-30(36)37)14-15-25(24)31-26/h1-3,6-7,10-15,17,31H,4-5,8-9,16,18H2,(H,34,35)(H,36,37). The van der Waals surface area contributed by atoms with E-state index in [0.29, 0.717) is 35.2 Å². The Morgan fingerprint density at radius 3 is 2.13 bits per heavy atom. The van der Waals surface area contributed by atoms with Crippen molar-refractivity contribution in [1.82, 2.24) is 4.98 Å². The molecule has 9 heteroatoms. The number of carbonyl (C=O) groups excluding carboxylic acids is 2. The van der Waals surface area contributed by atoms with E-state index in [-0.39, 0.29) is 48.7 Å². The van der Waals surface area contributed by atoms with E-state index >= 15 is 0 Å². The van der Waals surface area contributed by atoms with Crippen molar-refractivity contribution < 1.29 is 38.9 Å². The third kappa shape index (κ3) is 7.32. The summed E-state index contributed by atoms with van der Waals surface area (Å²) in [4.78, 5) is 50.9. The molecule has 0 aliphatic carbocycles. The lowest BCUT2D eigenvalue weighted by Gasteiger charge is -2.08. The first-order valence-electron chi connectivity index (χ1n) is 12.4. The molecule has 0 aliphatic heterocycles. The maximum atomic E-state index is 13.2. The Balaban J connectivity index is 1.48. The fourth-order valence-corrected chi connectivity index (χ4v) is 4.32. The van der Waals surface area contributed by atoms with E-state index in [2.05, 4.69) is 4.98 Å². The van der Waals surface area contributed by atoms with Crippen LogP contribution in [0.25, 0.3) is 22.0 Å². The summed E-state index contributed by atoms with van der Waals surface area (Å²) in [7, 11) is 0. The highest BCUT2D eigenvalue weighted by molar-refractivity contribution is 6.10. The largest absolute Gasteiger partial charge is 0.511 e. The Morgan fingerprint density at radius 1 is 0.769 bits per heavy atom. The fraction of sp³-hybridized carbons (Fsp3) is 0.200. The van der Waals surface area contributed by atoms with Crippen molar-refractivity contribution in [2.75, 3.05) is 6.61 Å². The fourth-order valence-electron chi connectivity index (χ4n) is 4.32. The van der Waals surface area contributed by atoms with E-state index in [0.717, 1.165) is 11.1 Å². The molecule has 0 amide bonds. The van der Waals surface area contributed by atoms with Gasteiger partial charge in [0.15, 0.2) is 11.6 Å². The number of carbonyl (C=O) groups is 4. The lowest BCUT2D eigenvalue weighted by Crippen LogP contribution is -2.16. The summed E-state index contributed by atoms with van der Waals surface area (Å²) in [5, 5.41) is 18.2. The van der Waals surface area contributed by atoms with Gasteiger partial charge in [-0.05, 0) is 54.3 Å². The van der Waals surface area contributed by atoms with Crippen molar-refractivity contribution in [3.05, 3.63) is 84.1 Å². The molecule has 9 nitrogen and oxygen atoms in total. The number of carboxylic acids is 1. The molecule has 3 aromatic carbocycles. The molecule has 4 aromatic rings. The number of aliphatic carboxylic acids is 1. The second-order valence-electron chi connectivity index (χ2n) is 8.97. The number of H-pyrrole nitrogens is 1. The minimum Gasteiger partial charge on any atom is -0.486 e. The van der Waals surface area contributed by atoms with E-state index in [4.69, 9.17) is 19.7 Å². The van der Waals surface area contributed by atoms with Crippen LogP contribution in [0.2, 0.25) is 0 Å². The molecule has 200 valence electrons. The Hall–Kier alpha value is -4.92. The van der Waals surface area contributed by atoms with Crippen LogP contribution in [0.1, 0.15) is 41.7 Å². The summed E-state index contributed by atoms with van der Waals surface area (Å²) in [5.41, 5.74) is 3.27. The number of aromatic nitrogens is 1. The summed E-state index contributed by atoms with van der Waals surface area (Å²) < 4.78 is 10.4. The van der Waals surface area contributed by atoms with Gasteiger partial charge < -0.3 is 24.7 Å². The molecule has 1 heterocycles. The van der Waals surface area contributed by atoms with Crippen LogP contribution in [0, 0.1) is 0 Å². The van der Waals surface area contributed by atoms with Gasteiger partial charge in [0.2, 0.25) is 0 Å². The highest BCUT2D eigenvalue weighted by atomic mass is 16.7. The molecule has 0 radical (unpaired) electrons. The van der Waals surface area contributed by atoms with E-state index < -0.39 is 12.1 Å². The first kappa shape index (κ1) is 27.1. The number of benzene rings is 3. The van der Waals surface area contributed by atoms with Gasteiger partial charge in [-0.2, -0.15) is 0 Å². The highest BCUT2D eigenvalue weighted by Gasteiger charge is 2.21. The van der Waals surface area contributed by atoms with Gasteiger partial charge in [-0.1, -0.05) is 42.5 Å². The molecule has 39 heavy (non-hydrogen) atoms. The van der Waals surface area contributed by atoms with Crippen LogP contribution in [0.3, 0.4) is 0 Å². The summed E-state index contributed by atoms with van der Waals surface area (Å²) in [6, 6.07) is 21.7. The average Bonchev–Trinajstić information content (AvgIpc) is 3.27. The molecule has 4 rings (SSSR count). The van der Waals surface area contributed by atoms with Gasteiger partial charge in [0.25, 0.3) is 0 Å². The first-order valence-corrected chi connectivity index (χ1v) is 12.4. The summed E-state index contributed by atoms with van der Waals surface area (Å²) in [6.45, 7) is -0.209. The number of unbranched alkanes of at least 4 members (excludes halogenated alkanes) is 1. The first-order chi connectivity index (χ1) is 18.8. The van der Waals surface area contributed by atoms with Gasteiger partial charge in [0.05, 0.1) is 6.42 Å². The van der Waals surface area contributed by atoms with Gasteiger partial charge in [0.1, 0.15) is 18.1 Å². The van der Waals surface area contributed by atoms with Gasteiger partial charge in [-0.25, -0.2) is 4.79 Å². The second kappa shape index (κ2) is 12.6. The monoisotopic (exact) mass is 529 g/mol. The average molecular weight is 530 g/mol. The summed E-state index contributed by atoms with van der Waals surface area (Å²) in [5.74, 6) is -0.917. The zero-order chi connectivity index (χ0) is 27.8. The number of carboxylic acid groups (broad SMARTS) is 2. The lowest BCUT2D eigenvalue weighted by atomic mass is 9.99. The lowest BCUT2D eigenvalue weighted by molar-refractivity contribution is -0.137. The van der Waals surface area contributed by atoms with Crippen molar-refractivity contribution in [2.24, 2.45) is 0 Å². The number of aromatic amines is 1. The molecule has 1 aromatic heterocycles.